The number of halogens is 2. The number of nitrogens with zero attached hydrogens (tertiary/aromatic N) is 1. The number of hydrogen-bond donors (Lipinski definition) is 0. The average Bonchev–Trinajstić information content (AvgIpc) is 2.27. The summed E-state index contributed by atoms with van der Waals surface area (Å²) in [7, 11) is 1.84. The van der Waals surface area contributed by atoms with Crippen molar-refractivity contribution in [1.29, 1.82) is 0 Å². The van der Waals surface area contributed by atoms with Gasteiger partial charge in [-0.3, -0.25) is 0 Å². The maximum Gasteiger partial charge on any atom is 0.212 e. The largest absolute Gasteiger partial charge is 0.440 e. The van der Waals surface area contributed by atoms with Crippen LogP contribution in [-0.4, -0.2) is 12.8 Å². The van der Waals surface area contributed by atoms with Crippen molar-refractivity contribution in [3.05, 3.63) is 47.7 Å². The third-order valence-electron chi connectivity index (χ3n) is 2.27. The van der Waals surface area contributed by atoms with Gasteiger partial charge in [-0.25, -0.2) is 13.8 Å². The summed E-state index contributed by atoms with van der Waals surface area (Å²) >= 11 is 0. The lowest BCUT2D eigenvalue weighted by atomic mass is 9.96. The Kier molecular flexibility index (Phi) is 3.09. The lowest BCUT2D eigenvalue weighted by molar-refractivity contribution is 0.450. The van der Waals surface area contributed by atoms with E-state index in [1.165, 1.54) is 6.07 Å². The van der Waals surface area contributed by atoms with Gasteiger partial charge in [0.15, 0.2) is 11.6 Å². The molecule has 0 amide bonds. The third-order valence-corrected chi connectivity index (χ3v) is 2.27. The van der Waals surface area contributed by atoms with Crippen LogP contribution in [0.3, 0.4) is 0 Å². The van der Waals surface area contributed by atoms with Crippen LogP contribution in [0.1, 0.15) is 5.56 Å². The molecule has 86 valence electrons. The predicted octanol–water partition coefficient (Wildman–Crippen LogP) is 1.72. The normalized spacial score (nSPS) is 10.3. The molecule has 0 aliphatic carbocycles. The summed E-state index contributed by atoms with van der Waals surface area (Å²) in [5.41, 5.74) is 1.86. The second kappa shape index (κ2) is 4.53. The number of hydrogen-bond acceptors (Lipinski definition) is 2. The summed E-state index contributed by atoms with van der Waals surface area (Å²) in [6, 6.07) is 5.28. The topological polar surface area (TPSA) is 22.1 Å². The Morgan fingerprint density at radius 3 is 2.59 bits per heavy atom. The second-order valence-corrected chi connectivity index (χ2v) is 3.81. The molecule has 0 aliphatic rings. The van der Waals surface area contributed by atoms with Gasteiger partial charge in [0.05, 0.1) is 0 Å². The van der Waals surface area contributed by atoms with Gasteiger partial charge in [-0.2, -0.15) is 0 Å². The fraction of sp³-hybridized carbons (Fsp3) is 0.0833. The highest BCUT2D eigenvalue weighted by Crippen LogP contribution is 2.20. The van der Waals surface area contributed by atoms with Crippen molar-refractivity contribution in [3.63, 3.8) is 0 Å². The molecule has 0 fully saturated rings. The first-order valence-electron chi connectivity index (χ1n) is 5.12. The standard InChI is InChI=1S/C12H10BF2NO/c1-7-4-9(13)12(16-6-7)17-8-2-3-10(14)11(15)5-8/h2-6H,13H2,1H3. The van der Waals surface area contributed by atoms with E-state index in [-0.39, 0.29) is 5.75 Å². The van der Waals surface area contributed by atoms with Crippen LogP contribution in [0.25, 0.3) is 0 Å². The zero-order chi connectivity index (χ0) is 12.4. The van der Waals surface area contributed by atoms with Crippen molar-refractivity contribution < 1.29 is 13.5 Å². The van der Waals surface area contributed by atoms with Gasteiger partial charge in [-0.1, -0.05) is 6.07 Å². The number of benzene rings is 1. The first kappa shape index (κ1) is 11.6. The van der Waals surface area contributed by atoms with Crippen molar-refractivity contribution in [2.24, 2.45) is 0 Å². The number of ether oxygens (including phenoxy) is 1. The summed E-state index contributed by atoms with van der Waals surface area (Å²) in [5, 5.41) is 0. The van der Waals surface area contributed by atoms with Gasteiger partial charge in [-0.15, -0.1) is 0 Å². The molecule has 0 saturated carbocycles. The summed E-state index contributed by atoms with van der Waals surface area (Å²) in [5.74, 6) is -1.22. The second-order valence-electron chi connectivity index (χ2n) is 3.81. The molecule has 1 aromatic heterocycles. The lowest BCUT2D eigenvalue weighted by Crippen LogP contribution is -2.09. The van der Waals surface area contributed by atoms with Crippen LogP contribution in [0, 0.1) is 18.6 Å². The molecule has 1 aromatic carbocycles. The lowest BCUT2D eigenvalue weighted by Gasteiger charge is -2.08. The SMILES string of the molecule is Bc1cc(C)cnc1Oc1ccc(F)c(F)c1. The number of aryl methyl sites for hydroxylation is 1. The molecule has 0 radical (unpaired) electrons. The van der Waals surface area contributed by atoms with Crippen LogP contribution >= 0.6 is 0 Å². The molecule has 2 aromatic rings. The highest BCUT2D eigenvalue weighted by atomic mass is 19.2. The predicted molar refractivity (Wildman–Crippen MR) is 63.6 cm³/mol. The van der Waals surface area contributed by atoms with Crippen LogP contribution in [0.5, 0.6) is 11.6 Å². The van der Waals surface area contributed by atoms with Gasteiger partial charge in [0.1, 0.15) is 13.6 Å². The zero-order valence-corrected chi connectivity index (χ0v) is 9.50. The van der Waals surface area contributed by atoms with Crippen molar-refractivity contribution in [2.45, 2.75) is 6.92 Å². The molecule has 5 heteroatoms. The van der Waals surface area contributed by atoms with E-state index in [0.717, 1.165) is 23.2 Å². The fourth-order valence-electron chi connectivity index (χ4n) is 1.46. The highest BCUT2D eigenvalue weighted by molar-refractivity contribution is 6.34. The van der Waals surface area contributed by atoms with Crippen LogP contribution < -0.4 is 10.2 Å². The Morgan fingerprint density at radius 2 is 1.94 bits per heavy atom. The third kappa shape index (κ3) is 2.61. The number of aromatic nitrogens is 1. The van der Waals surface area contributed by atoms with Crippen molar-refractivity contribution in [3.8, 4) is 11.6 Å². The summed E-state index contributed by atoms with van der Waals surface area (Å²) in [4.78, 5) is 4.09. The first-order chi connectivity index (χ1) is 8.06. The van der Waals surface area contributed by atoms with Gasteiger partial charge in [0, 0.05) is 12.3 Å². The first-order valence-corrected chi connectivity index (χ1v) is 5.12. The van der Waals surface area contributed by atoms with E-state index in [9.17, 15) is 8.78 Å². The van der Waals surface area contributed by atoms with E-state index in [1.54, 1.807) is 6.20 Å². The van der Waals surface area contributed by atoms with Gasteiger partial charge in [-0.05, 0) is 30.1 Å². The summed E-state index contributed by atoms with van der Waals surface area (Å²) in [6.07, 6.45) is 1.65. The maximum absolute atomic E-state index is 13.0. The molecule has 0 bridgehead atoms. The molecule has 0 atom stereocenters. The minimum Gasteiger partial charge on any atom is -0.440 e. The summed E-state index contributed by atoms with van der Waals surface area (Å²) in [6.45, 7) is 1.92. The Hall–Kier alpha value is -1.91. The maximum atomic E-state index is 13.0. The minimum atomic E-state index is -0.938. The van der Waals surface area contributed by atoms with E-state index >= 15 is 0 Å². The number of pyridine rings is 1. The van der Waals surface area contributed by atoms with E-state index in [2.05, 4.69) is 4.98 Å². The van der Waals surface area contributed by atoms with Crippen molar-refractivity contribution in [1.82, 2.24) is 4.98 Å². The van der Waals surface area contributed by atoms with E-state index in [4.69, 9.17) is 4.74 Å². The van der Waals surface area contributed by atoms with Gasteiger partial charge in [0.25, 0.3) is 0 Å². The molecule has 1 heterocycles. The molecule has 0 N–H and O–H groups in total. The van der Waals surface area contributed by atoms with E-state index in [1.807, 2.05) is 20.8 Å². The smallest absolute Gasteiger partial charge is 0.212 e. The van der Waals surface area contributed by atoms with E-state index < -0.39 is 11.6 Å². The Balaban J connectivity index is 2.28. The van der Waals surface area contributed by atoms with Crippen molar-refractivity contribution in [2.75, 3.05) is 0 Å². The molecule has 2 nitrogen and oxygen atoms in total. The molecule has 0 unspecified atom stereocenters. The van der Waals surface area contributed by atoms with Gasteiger partial charge >= 0.3 is 0 Å². The Bertz CT molecular complexity index is 560. The molecule has 0 spiro atoms. The molecule has 2 rings (SSSR count). The molecule has 17 heavy (non-hydrogen) atoms. The Morgan fingerprint density at radius 1 is 1.18 bits per heavy atom. The fourth-order valence-corrected chi connectivity index (χ4v) is 1.46. The number of rotatable bonds is 2. The minimum absolute atomic E-state index is 0.225. The van der Waals surface area contributed by atoms with E-state index in [0.29, 0.717) is 5.88 Å². The Labute approximate surface area is 98.7 Å². The quantitative estimate of drug-likeness (QED) is 0.736. The zero-order valence-electron chi connectivity index (χ0n) is 9.50. The summed E-state index contributed by atoms with van der Waals surface area (Å²) < 4.78 is 31.1. The van der Waals surface area contributed by atoms with Crippen LogP contribution in [0.2, 0.25) is 0 Å². The monoisotopic (exact) mass is 233 g/mol. The molecular weight excluding hydrogens is 223 g/mol. The van der Waals surface area contributed by atoms with Gasteiger partial charge < -0.3 is 4.74 Å². The average molecular weight is 233 g/mol. The van der Waals surface area contributed by atoms with Crippen LogP contribution in [-0.2, 0) is 0 Å². The molecule has 0 saturated heterocycles. The molecular formula is C12H10BF2NO. The van der Waals surface area contributed by atoms with Crippen LogP contribution in [0.4, 0.5) is 8.78 Å². The van der Waals surface area contributed by atoms with Gasteiger partial charge in [0.2, 0.25) is 5.88 Å². The molecule has 0 aliphatic heterocycles. The highest BCUT2D eigenvalue weighted by Gasteiger charge is 2.06. The van der Waals surface area contributed by atoms with Crippen molar-refractivity contribution >= 4 is 13.3 Å². The van der Waals surface area contributed by atoms with Crippen LogP contribution in [0.15, 0.2) is 30.5 Å².